The van der Waals surface area contributed by atoms with Crippen molar-refractivity contribution in [3.05, 3.63) is 93.6 Å². The molecule has 0 bridgehead atoms. The molecule has 0 aliphatic carbocycles. The zero-order chi connectivity index (χ0) is 31.5. The first-order valence-corrected chi connectivity index (χ1v) is 15.0. The molecule has 1 aromatic carbocycles. The number of piperazine rings is 1. The molecule has 0 saturated carbocycles. The lowest BCUT2D eigenvalue weighted by Crippen LogP contribution is -2.50. The summed E-state index contributed by atoms with van der Waals surface area (Å²) in [5.41, 5.74) is 9.63. The van der Waals surface area contributed by atoms with Gasteiger partial charge in [-0.3, -0.25) is 10.2 Å². The molecule has 8 nitrogen and oxygen atoms in total. The Balaban J connectivity index is 0.00000431. The molecule has 1 heterocycles. The summed E-state index contributed by atoms with van der Waals surface area (Å²) in [4.78, 5) is 29.6. The highest BCUT2D eigenvalue weighted by atomic mass is 32.2. The number of nitrogens with zero attached hydrogens (tertiary/aromatic N) is 2. The van der Waals surface area contributed by atoms with E-state index in [0.717, 1.165) is 47.8 Å². The molecule has 1 fully saturated rings. The Morgan fingerprint density at radius 1 is 1.17 bits per heavy atom. The predicted octanol–water partition coefficient (Wildman–Crippen LogP) is 5.52. The lowest BCUT2D eigenvalue weighted by molar-refractivity contribution is -0.119. The fourth-order valence-corrected chi connectivity index (χ4v) is 4.37. The lowest BCUT2D eigenvalue weighted by Gasteiger charge is -2.32. The maximum absolute atomic E-state index is 12.5. The zero-order valence-corrected chi connectivity index (χ0v) is 26.7. The van der Waals surface area contributed by atoms with Crippen LogP contribution in [0.4, 0.5) is 4.79 Å². The molecule has 3 amide bonds. The van der Waals surface area contributed by atoms with Gasteiger partial charge in [-0.1, -0.05) is 50.6 Å². The number of hydrogen-bond donors (Lipinski definition) is 4. The first-order chi connectivity index (χ1) is 20.2. The molecule has 0 atom stereocenters. The van der Waals surface area contributed by atoms with Gasteiger partial charge < -0.3 is 26.2 Å². The summed E-state index contributed by atoms with van der Waals surface area (Å²) < 4.78 is 0. The van der Waals surface area contributed by atoms with Gasteiger partial charge in [0.1, 0.15) is 5.71 Å². The third-order valence-corrected chi connectivity index (χ3v) is 6.95. The number of carbonyl (C=O) groups excluding carboxylic acids is 2. The van der Waals surface area contributed by atoms with Crippen LogP contribution in [0.15, 0.2) is 82.4 Å². The maximum Gasteiger partial charge on any atom is 0.317 e. The Morgan fingerprint density at radius 2 is 1.86 bits per heavy atom. The van der Waals surface area contributed by atoms with E-state index in [9.17, 15) is 9.59 Å². The summed E-state index contributed by atoms with van der Waals surface area (Å²) in [6.07, 6.45) is 7.18. The van der Waals surface area contributed by atoms with Crippen molar-refractivity contribution in [1.82, 2.24) is 20.4 Å². The monoisotopic (exact) mass is 590 g/mol. The minimum Gasteiger partial charge on any atom is -0.398 e. The highest BCUT2D eigenvalue weighted by Gasteiger charge is 2.18. The smallest absolute Gasteiger partial charge is 0.317 e. The van der Waals surface area contributed by atoms with Crippen LogP contribution in [-0.2, 0) is 11.3 Å². The van der Waals surface area contributed by atoms with E-state index in [1.807, 2.05) is 62.9 Å². The molecule has 1 aromatic rings. The quantitative estimate of drug-likeness (QED) is 0.163. The molecular weight excluding hydrogens is 544 g/mol. The Kier molecular flexibility index (Phi) is 17.1. The summed E-state index contributed by atoms with van der Waals surface area (Å²) in [6, 6.07) is 7.52. The lowest BCUT2D eigenvalue weighted by atomic mass is 10.0. The topological polar surface area (TPSA) is 115 Å². The maximum atomic E-state index is 12.5. The van der Waals surface area contributed by atoms with Gasteiger partial charge in [0.05, 0.1) is 6.42 Å². The molecule has 226 valence electrons. The number of thioether (sulfide) groups is 1. The largest absolute Gasteiger partial charge is 0.398 e. The van der Waals surface area contributed by atoms with E-state index < -0.39 is 0 Å². The zero-order valence-electron chi connectivity index (χ0n) is 25.8. The highest BCUT2D eigenvalue weighted by Crippen LogP contribution is 2.19. The van der Waals surface area contributed by atoms with Crippen LogP contribution >= 0.6 is 11.8 Å². The molecule has 1 saturated heterocycles. The molecule has 1 aliphatic rings. The van der Waals surface area contributed by atoms with Gasteiger partial charge in [-0.25, -0.2) is 4.79 Å². The van der Waals surface area contributed by atoms with Crippen LogP contribution in [0.5, 0.6) is 0 Å². The second-order valence-electron chi connectivity index (χ2n) is 9.25. The molecule has 0 spiro atoms. The van der Waals surface area contributed by atoms with Crippen LogP contribution in [0, 0.1) is 17.3 Å². The summed E-state index contributed by atoms with van der Waals surface area (Å²) >= 11 is 1.42. The van der Waals surface area contributed by atoms with E-state index in [0.29, 0.717) is 17.8 Å². The van der Waals surface area contributed by atoms with E-state index in [2.05, 4.69) is 41.0 Å². The highest BCUT2D eigenvalue weighted by molar-refractivity contribution is 8.05. The number of amides is 3. The van der Waals surface area contributed by atoms with Gasteiger partial charge in [0, 0.05) is 55.8 Å². The SMILES string of the molecule is C=CS/C(=C\C)CC(=O)N/C=C(C)/C=C(N)\C(=C/C)C(=N)C#Cc1cccc(CNC(=O)N2CCN(C)CC2)c1.CC. The van der Waals surface area contributed by atoms with Gasteiger partial charge in [0.2, 0.25) is 5.91 Å². The average Bonchev–Trinajstić information content (AvgIpc) is 2.99. The number of benzene rings is 1. The molecule has 1 aliphatic heterocycles. The average molecular weight is 591 g/mol. The normalized spacial score (nSPS) is 14.6. The van der Waals surface area contributed by atoms with Crippen molar-refractivity contribution in [2.75, 3.05) is 33.2 Å². The molecule has 9 heteroatoms. The minimum absolute atomic E-state index is 0.0653. The van der Waals surface area contributed by atoms with Gasteiger partial charge in [-0.15, -0.1) is 11.8 Å². The summed E-state index contributed by atoms with van der Waals surface area (Å²) in [5, 5.41) is 15.9. The minimum atomic E-state index is -0.139. The van der Waals surface area contributed by atoms with E-state index >= 15 is 0 Å². The number of hydrogen-bond acceptors (Lipinski definition) is 6. The second-order valence-corrected chi connectivity index (χ2v) is 10.3. The van der Waals surface area contributed by atoms with E-state index in [1.165, 1.54) is 11.8 Å². The predicted molar refractivity (Wildman–Crippen MR) is 178 cm³/mol. The number of carbonyl (C=O) groups is 2. The third-order valence-electron chi connectivity index (χ3n) is 6.10. The molecule has 0 radical (unpaired) electrons. The Hall–Kier alpha value is -4.00. The van der Waals surface area contributed by atoms with Gasteiger partial charge in [-0.05, 0) is 73.4 Å². The molecular formula is C33H46N6O2S. The van der Waals surface area contributed by atoms with Crippen molar-refractivity contribution in [2.45, 2.75) is 47.6 Å². The fraction of sp³-hybridized carbons (Fsp3) is 0.364. The van der Waals surface area contributed by atoms with Crippen molar-refractivity contribution in [1.29, 1.82) is 5.41 Å². The number of nitrogens with two attached hydrogens (primary N) is 1. The molecule has 2 rings (SSSR count). The van der Waals surface area contributed by atoms with Gasteiger partial charge in [0.15, 0.2) is 0 Å². The number of allylic oxidation sites excluding steroid dienone is 5. The summed E-state index contributed by atoms with van der Waals surface area (Å²) in [7, 11) is 2.05. The molecule has 5 N–H and O–H groups in total. The van der Waals surface area contributed by atoms with Gasteiger partial charge in [-0.2, -0.15) is 0 Å². The standard InChI is InChI=1S/C31H40N6O2S.C2H6/c1-6-26(40-8-3)20-30(38)34-21-23(4)18-29(33)27(7-2)28(32)13-12-24-10-9-11-25(19-24)22-35-31(39)37-16-14-36(5)15-17-37;1-2/h6-11,18-19,21,32H,3,14-17,20,22,33H2,1-2,4-5H3,(H,34,38)(H,35,39);1-2H3/b23-21+,26-6-,27-7-,29-18+,32-28?;. The van der Waals surface area contributed by atoms with Crippen LogP contribution < -0.4 is 16.4 Å². The summed E-state index contributed by atoms with van der Waals surface area (Å²) in [6.45, 7) is 16.8. The Bertz CT molecular complexity index is 1270. The van der Waals surface area contributed by atoms with Crippen LogP contribution in [-0.4, -0.2) is 60.7 Å². The Labute approximate surface area is 256 Å². The van der Waals surface area contributed by atoms with Crippen molar-refractivity contribution in [3.63, 3.8) is 0 Å². The Morgan fingerprint density at radius 3 is 2.48 bits per heavy atom. The van der Waals surface area contributed by atoms with E-state index in [4.69, 9.17) is 11.1 Å². The number of nitrogens with one attached hydrogen (secondary N) is 3. The van der Waals surface area contributed by atoms with Crippen LogP contribution in [0.2, 0.25) is 0 Å². The molecule has 42 heavy (non-hydrogen) atoms. The first-order valence-electron chi connectivity index (χ1n) is 14.1. The first kappa shape index (κ1) is 36.0. The number of urea groups is 1. The summed E-state index contributed by atoms with van der Waals surface area (Å²) in [5.74, 6) is 5.77. The third kappa shape index (κ3) is 13.1. The van der Waals surface area contributed by atoms with E-state index in [-0.39, 0.29) is 24.1 Å². The molecule has 0 aromatic heterocycles. The van der Waals surface area contributed by atoms with Gasteiger partial charge in [0.25, 0.3) is 0 Å². The van der Waals surface area contributed by atoms with Crippen molar-refractivity contribution >= 4 is 29.4 Å². The van der Waals surface area contributed by atoms with Crippen LogP contribution in [0.25, 0.3) is 0 Å². The fourth-order valence-electron chi connectivity index (χ4n) is 3.80. The molecule has 0 unspecified atom stereocenters. The van der Waals surface area contributed by atoms with Crippen molar-refractivity contribution < 1.29 is 9.59 Å². The second kappa shape index (κ2) is 20.0. The van der Waals surface area contributed by atoms with Crippen LogP contribution in [0.3, 0.4) is 0 Å². The van der Waals surface area contributed by atoms with E-state index in [1.54, 1.807) is 30.7 Å². The van der Waals surface area contributed by atoms with Gasteiger partial charge >= 0.3 is 6.03 Å². The number of rotatable bonds is 10. The van der Waals surface area contributed by atoms with Crippen molar-refractivity contribution in [2.24, 2.45) is 5.73 Å². The number of likely N-dealkylation sites (N-methyl/N-ethyl adjacent to an activating group) is 1. The van der Waals surface area contributed by atoms with Crippen molar-refractivity contribution in [3.8, 4) is 11.8 Å². The van der Waals surface area contributed by atoms with Crippen LogP contribution in [0.1, 0.15) is 52.2 Å².